The third-order valence-electron chi connectivity index (χ3n) is 3.13. The quantitative estimate of drug-likeness (QED) is 0.760. The maximum atomic E-state index is 5.71. The molecule has 0 radical (unpaired) electrons. The molecule has 1 aliphatic heterocycles. The van der Waals surface area contributed by atoms with Crippen molar-refractivity contribution in [1.82, 2.24) is 19.9 Å². The molecule has 2 heterocycles. The highest BCUT2D eigenvalue weighted by Gasteiger charge is 2.19. The first-order valence-corrected chi connectivity index (χ1v) is 5.55. The van der Waals surface area contributed by atoms with Crippen molar-refractivity contribution in [2.75, 3.05) is 19.6 Å². The van der Waals surface area contributed by atoms with Gasteiger partial charge in [-0.2, -0.15) is 0 Å². The predicted octanol–water partition coefficient (Wildman–Crippen LogP) is -0.0142. The number of hydrogen-bond acceptors (Lipinski definition) is 4. The summed E-state index contributed by atoms with van der Waals surface area (Å²) in [6.07, 6.45) is 4.37. The topological polar surface area (TPSA) is 60.0 Å². The van der Waals surface area contributed by atoms with Crippen LogP contribution in [0.3, 0.4) is 0 Å². The number of nitrogens with two attached hydrogens (primary N) is 1. The summed E-state index contributed by atoms with van der Waals surface area (Å²) in [4.78, 5) is 2.44. The van der Waals surface area contributed by atoms with Gasteiger partial charge in [0, 0.05) is 20.1 Å². The Labute approximate surface area is 90.2 Å². The van der Waals surface area contributed by atoms with Crippen LogP contribution in [0.2, 0.25) is 0 Å². The van der Waals surface area contributed by atoms with Crippen molar-refractivity contribution in [1.29, 1.82) is 0 Å². The smallest absolute Gasteiger partial charge is 0.0738 e. The highest BCUT2D eigenvalue weighted by atomic mass is 15.4. The van der Waals surface area contributed by atoms with Gasteiger partial charge in [0.25, 0.3) is 0 Å². The number of rotatable bonds is 3. The average molecular weight is 209 g/mol. The van der Waals surface area contributed by atoms with E-state index in [1.165, 1.54) is 25.1 Å². The van der Waals surface area contributed by atoms with Gasteiger partial charge in [-0.3, -0.25) is 9.58 Å². The van der Waals surface area contributed by atoms with E-state index in [0.29, 0.717) is 5.92 Å². The fourth-order valence-electron chi connectivity index (χ4n) is 2.17. The molecule has 0 saturated carbocycles. The third kappa shape index (κ3) is 2.54. The molecular formula is C10H19N5. The van der Waals surface area contributed by atoms with Crippen LogP contribution in [0.5, 0.6) is 0 Å². The second-order valence-electron chi connectivity index (χ2n) is 4.33. The molecule has 5 heteroatoms. The maximum Gasteiger partial charge on any atom is 0.0738 e. The fraction of sp³-hybridized carbons (Fsp3) is 0.800. The van der Waals surface area contributed by atoms with Crippen LogP contribution in [0.4, 0.5) is 0 Å². The lowest BCUT2D eigenvalue weighted by Crippen LogP contribution is -2.38. The number of aromatic nitrogens is 3. The molecule has 0 aromatic carbocycles. The lowest BCUT2D eigenvalue weighted by molar-refractivity contribution is 0.167. The van der Waals surface area contributed by atoms with Gasteiger partial charge in [0.2, 0.25) is 0 Å². The Morgan fingerprint density at radius 3 is 3.13 bits per heavy atom. The van der Waals surface area contributed by atoms with E-state index in [9.17, 15) is 0 Å². The van der Waals surface area contributed by atoms with Crippen LogP contribution in [0.25, 0.3) is 0 Å². The molecule has 0 spiro atoms. The molecule has 0 bridgehead atoms. The molecule has 1 fully saturated rings. The van der Waals surface area contributed by atoms with Crippen LogP contribution in [0, 0.1) is 5.92 Å². The largest absolute Gasteiger partial charge is 0.330 e. The molecule has 1 saturated heterocycles. The first-order chi connectivity index (χ1) is 7.29. The monoisotopic (exact) mass is 209 g/mol. The summed E-state index contributed by atoms with van der Waals surface area (Å²) >= 11 is 0. The average Bonchev–Trinajstić information content (AvgIpc) is 2.65. The van der Waals surface area contributed by atoms with E-state index in [4.69, 9.17) is 5.73 Å². The normalized spacial score (nSPS) is 23.2. The van der Waals surface area contributed by atoms with E-state index in [1.54, 1.807) is 0 Å². The molecule has 15 heavy (non-hydrogen) atoms. The van der Waals surface area contributed by atoms with Gasteiger partial charge < -0.3 is 5.73 Å². The molecule has 1 aromatic heterocycles. The summed E-state index contributed by atoms with van der Waals surface area (Å²) in [5, 5.41) is 7.82. The minimum absolute atomic E-state index is 0.667. The number of aryl methyl sites for hydroxylation is 1. The van der Waals surface area contributed by atoms with Gasteiger partial charge in [-0.05, 0) is 31.8 Å². The van der Waals surface area contributed by atoms with Crippen molar-refractivity contribution in [2.45, 2.75) is 19.4 Å². The number of hydrogen-bond donors (Lipinski definition) is 1. The van der Waals surface area contributed by atoms with E-state index in [2.05, 4.69) is 15.2 Å². The van der Waals surface area contributed by atoms with Crippen LogP contribution < -0.4 is 5.73 Å². The summed E-state index contributed by atoms with van der Waals surface area (Å²) in [5.74, 6) is 0.667. The van der Waals surface area contributed by atoms with Gasteiger partial charge in [0.1, 0.15) is 0 Å². The number of piperidine rings is 1. The van der Waals surface area contributed by atoms with E-state index in [1.807, 2.05) is 17.9 Å². The number of likely N-dealkylation sites (tertiary alicyclic amines) is 1. The fourth-order valence-corrected chi connectivity index (χ4v) is 2.17. The summed E-state index contributed by atoms with van der Waals surface area (Å²) < 4.78 is 1.84. The second-order valence-corrected chi connectivity index (χ2v) is 4.33. The van der Waals surface area contributed by atoms with Crippen LogP contribution in [0.1, 0.15) is 18.5 Å². The van der Waals surface area contributed by atoms with Gasteiger partial charge >= 0.3 is 0 Å². The van der Waals surface area contributed by atoms with Crippen molar-refractivity contribution in [2.24, 2.45) is 18.7 Å². The molecule has 0 amide bonds. The summed E-state index contributed by atoms with van der Waals surface area (Å²) in [6, 6.07) is 0. The van der Waals surface area contributed by atoms with Gasteiger partial charge in [-0.1, -0.05) is 5.21 Å². The standard InChI is InChI=1S/C10H19N5/c1-14-10(6-12-13-14)8-15-4-2-3-9(5-11)7-15/h6,9H,2-5,7-8,11H2,1H3. The van der Waals surface area contributed by atoms with Crippen molar-refractivity contribution in [3.63, 3.8) is 0 Å². The van der Waals surface area contributed by atoms with Crippen LogP contribution in [-0.4, -0.2) is 39.5 Å². The maximum absolute atomic E-state index is 5.71. The zero-order chi connectivity index (χ0) is 10.7. The van der Waals surface area contributed by atoms with Crippen molar-refractivity contribution in [3.05, 3.63) is 11.9 Å². The predicted molar refractivity (Wildman–Crippen MR) is 58.1 cm³/mol. The number of nitrogens with zero attached hydrogens (tertiary/aromatic N) is 4. The van der Waals surface area contributed by atoms with Crippen molar-refractivity contribution in [3.8, 4) is 0 Å². The molecule has 2 rings (SSSR count). The minimum atomic E-state index is 0.667. The Hall–Kier alpha value is -0.940. The van der Waals surface area contributed by atoms with Gasteiger partial charge in [-0.25, -0.2) is 0 Å². The highest BCUT2D eigenvalue weighted by Crippen LogP contribution is 2.16. The first-order valence-electron chi connectivity index (χ1n) is 5.55. The van der Waals surface area contributed by atoms with E-state index in [0.717, 1.165) is 19.6 Å². The molecule has 1 atom stereocenters. The summed E-state index contributed by atoms with van der Waals surface area (Å²) in [5.41, 5.74) is 6.89. The molecule has 2 N–H and O–H groups in total. The van der Waals surface area contributed by atoms with Gasteiger partial charge in [-0.15, -0.1) is 5.10 Å². The highest BCUT2D eigenvalue weighted by molar-refractivity contribution is 4.93. The summed E-state index contributed by atoms with van der Waals surface area (Å²) in [6.45, 7) is 4.03. The molecule has 1 aromatic rings. The lowest BCUT2D eigenvalue weighted by Gasteiger charge is -2.31. The first kappa shape index (κ1) is 10.6. The third-order valence-corrected chi connectivity index (χ3v) is 3.13. The Balaban J connectivity index is 1.92. The van der Waals surface area contributed by atoms with Crippen LogP contribution in [-0.2, 0) is 13.6 Å². The van der Waals surface area contributed by atoms with Crippen LogP contribution >= 0.6 is 0 Å². The zero-order valence-corrected chi connectivity index (χ0v) is 9.26. The SMILES string of the molecule is Cn1nncc1CN1CCCC(CN)C1. The van der Waals surface area contributed by atoms with Gasteiger partial charge in [0.05, 0.1) is 11.9 Å². The van der Waals surface area contributed by atoms with E-state index < -0.39 is 0 Å². The minimum Gasteiger partial charge on any atom is -0.330 e. The van der Waals surface area contributed by atoms with Crippen molar-refractivity contribution < 1.29 is 0 Å². The molecule has 1 unspecified atom stereocenters. The van der Waals surface area contributed by atoms with Gasteiger partial charge in [0.15, 0.2) is 0 Å². The molecular weight excluding hydrogens is 190 g/mol. The Kier molecular flexibility index (Phi) is 3.33. The second kappa shape index (κ2) is 4.72. The summed E-state index contributed by atoms with van der Waals surface area (Å²) in [7, 11) is 1.94. The Morgan fingerprint density at radius 1 is 1.60 bits per heavy atom. The Bertz CT molecular complexity index is 309. The molecule has 0 aliphatic carbocycles. The van der Waals surface area contributed by atoms with E-state index >= 15 is 0 Å². The van der Waals surface area contributed by atoms with Crippen molar-refractivity contribution >= 4 is 0 Å². The molecule has 1 aliphatic rings. The Morgan fingerprint density at radius 2 is 2.47 bits per heavy atom. The molecule has 84 valence electrons. The zero-order valence-electron chi connectivity index (χ0n) is 9.26. The van der Waals surface area contributed by atoms with E-state index in [-0.39, 0.29) is 0 Å². The lowest BCUT2D eigenvalue weighted by atomic mass is 9.98. The molecule has 5 nitrogen and oxygen atoms in total. The van der Waals surface area contributed by atoms with Crippen LogP contribution in [0.15, 0.2) is 6.20 Å².